The Morgan fingerprint density at radius 1 is 0.625 bits per heavy atom. The van der Waals surface area contributed by atoms with Crippen molar-refractivity contribution in [3.05, 3.63) is 91.0 Å². The van der Waals surface area contributed by atoms with Crippen molar-refractivity contribution in [2.24, 2.45) is 5.73 Å². The fraction of sp³-hybridized carbons (Fsp3) is 0.182. The quantitative estimate of drug-likeness (QED) is 0.634. The van der Waals surface area contributed by atoms with Crippen molar-refractivity contribution in [1.29, 1.82) is 0 Å². The first-order valence-electron chi connectivity index (χ1n) is 8.52. The summed E-state index contributed by atoms with van der Waals surface area (Å²) in [6, 6.07) is 31.3. The Bertz CT molecular complexity index is 570. The zero-order valence-electron chi connectivity index (χ0n) is 14.3. The predicted octanol–water partition coefficient (Wildman–Crippen LogP) is 5.90. The van der Waals surface area contributed by atoms with E-state index >= 15 is 0 Å². The monoisotopic (exact) mass is 318 g/mol. The molecule has 0 bridgehead atoms. The molecule has 0 saturated heterocycles. The number of benzene rings is 3. The minimum Gasteiger partial charge on any atom is -0.330 e. The molecule has 24 heavy (non-hydrogen) atoms. The molecule has 0 aromatic heterocycles. The number of para-hydroxylation sites is 3. The molecule has 2 nitrogen and oxygen atoms in total. The van der Waals surface area contributed by atoms with Gasteiger partial charge in [-0.05, 0) is 49.4 Å². The van der Waals surface area contributed by atoms with Gasteiger partial charge in [0.15, 0.2) is 0 Å². The molecular formula is C22H26N2. The highest BCUT2D eigenvalue weighted by molar-refractivity contribution is 5.76. The molecule has 0 aliphatic heterocycles. The van der Waals surface area contributed by atoms with Gasteiger partial charge in [-0.25, -0.2) is 0 Å². The van der Waals surface area contributed by atoms with Crippen molar-refractivity contribution in [2.45, 2.75) is 19.8 Å². The third kappa shape index (κ3) is 5.25. The van der Waals surface area contributed by atoms with E-state index in [1.54, 1.807) is 0 Å². The van der Waals surface area contributed by atoms with E-state index in [1.165, 1.54) is 29.9 Å². The number of rotatable bonds is 5. The second-order valence-corrected chi connectivity index (χ2v) is 5.48. The molecule has 0 aliphatic rings. The van der Waals surface area contributed by atoms with Gasteiger partial charge in [0, 0.05) is 17.1 Å². The molecule has 3 aromatic carbocycles. The summed E-state index contributed by atoms with van der Waals surface area (Å²) in [5, 5.41) is 0. The van der Waals surface area contributed by atoms with Crippen molar-refractivity contribution in [3.8, 4) is 0 Å². The number of nitrogens with zero attached hydrogens (tertiary/aromatic N) is 1. The number of hydrogen-bond acceptors (Lipinski definition) is 2. The Kier molecular flexibility index (Phi) is 7.58. The minimum atomic E-state index is 0.844. The van der Waals surface area contributed by atoms with E-state index in [2.05, 4.69) is 84.6 Å². The van der Waals surface area contributed by atoms with Gasteiger partial charge >= 0.3 is 0 Å². The maximum absolute atomic E-state index is 5.14. The zero-order chi connectivity index (χ0) is 17.0. The summed E-state index contributed by atoms with van der Waals surface area (Å²) in [5.74, 6) is 0. The van der Waals surface area contributed by atoms with Crippen LogP contribution in [0.3, 0.4) is 0 Å². The average molecular weight is 318 g/mol. The molecule has 0 amide bonds. The maximum atomic E-state index is 5.14. The van der Waals surface area contributed by atoms with E-state index in [1.807, 2.05) is 18.2 Å². The molecule has 3 aromatic rings. The molecule has 0 spiro atoms. The Balaban J connectivity index is 0.000000368. The van der Waals surface area contributed by atoms with Crippen LogP contribution in [0.4, 0.5) is 17.1 Å². The third-order valence-corrected chi connectivity index (χ3v) is 3.60. The second kappa shape index (κ2) is 10.2. The molecule has 0 fully saturated rings. The molecule has 0 heterocycles. The standard InChI is InChI=1S/C18H15N.C4H11N/c1-4-10-16(11-5-1)19(17-12-6-2-7-13-17)18-14-8-3-9-15-18;1-2-3-4-5/h1-15H;2-5H2,1H3. The molecule has 0 radical (unpaired) electrons. The Morgan fingerprint density at radius 3 is 1.17 bits per heavy atom. The average Bonchev–Trinajstić information content (AvgIpc) is 2.66. The van der Waals surface area contributed by atoms with Crippen molar-refractivity contribution >= 4 is 17.1 Å². The number of anilines is 3. The smallest absolute Gasteiger partial charge is 0.0461 e. The highest BCUT2D eigenvalue weighted by atomic mass is 15.1. The van der Waals surface area contributed by atoms with Gasteiger partial charge in [-0.2, -0.15) is 0 Å². The summed E-state index contributed by atoms with van der Waals surface area (Å²) in [4.78, 5) is 2.25. The van der Waals surface area contributed by atoms with Crippen molar-refractivity contribution < 1.29 is 0 Å². The lowest BCUT2D eigenvalue weighted by Crippen LogP contribution is -2.09. The number of unbranched alkanes of at least 4 members (excludes halogenated alkanes) is 1. The SMILES string of the molecule is CCCCN.c1ccc(N(c2ccccc2)c2ccccc2)cc1. The van der Waals surface area contributed by atoms with E-state index in [4.69, 9.17) is 5.73 Å². The first kappa shape index (κ1) is 17.8. The van der Waals surface area contributed by atoms with E-state index in [-0.39, 0.29) is 0 Å². The second-order valence-electron chi connectivity index (χ2n) is 5.48. The molecule has 0 unspecified atom stereocenters. The summed E-state index contributed by atoms with van der Waals surface area (Å²) < 4.78 is 0. The summed E-state index contributed by atoms with van der Waals surface area (Å²) in [6.07, 6.45) is 2.39. The maximum Gasteiger partial charge on any atom is 0.0461 e. The summed E-state index contributed by atoms with van der Waals surface area (Å²) in [6.45, 7) is 2.98. The molecule has 124 valence electrons. The first-order chi connectivity index (χ1) is 11.9. The van der Waals surface area contributed by atoms with Crippen LogP contribution in [0.2, 0.25) is 0 Å². The summed E-state index contributed by atoms with van der Waals surface area (Å²) in [7, 11) is 0. The molecule has 2 heteroatoms. The van der Waals surface area contributed by atoms with Crippen molar-refractivity contribution in [1.82, 2.24) is 0 Å². The summed E-state index contributed by atoms with van der Waals surface area (Å²) in [5.41, 5.74) is 8.64. The topological polar surface area (TPSA) is 29.3 Å². The molecular weight excluding hydrogens is 292 g/mol. The number of nitrogens with two attached hydrogens (primary N) is 1. The van der Waals surface area contributed by atoms with Gasteiger partial charge in [-0.3, -0.25) is 0 Å². The van der Waals surface area contributed by atoms with Crippen LogP contribution >= 0.6 is 0 Å². The zero-order valence-corrected chi connectivity index (χ0v) is 14.3. The Hall–Kier alpha value is -2.58. The minimum absolute atomic E-state index is 0.844. The normalized spacial score (nSPS) is 9.75. The van der Waals surface area contributed by atoms with Crippen LogP contribution in [0.15, 0.2) is 91.0 Å². The van der Waals surface area contributed by atoms with Crippen LogP contribution in [-0.2, 0) is 0 Å². The molecule has 0 saturated carbocycles. The van der Waals surface area contributed by atoms with Crippen LogP contribution < -0.4 is 10.6 Å². The van der Waals surface area contributed by atoms with Gasteiger partial charge in [-0.15, -0.1) is 0 Å². The van der Waals surface area contributed by atoms with E-state index in [0.717, 1.165) is 6.54 Å². The van der Waals surface area contributed by atoms with Crippen LogP contribution in [0.25, 0.3) is 0 Å². The van der Waals surface area contributed by atoms with Crippen LogP contribution in [0.5, 0.6) is 0 Å². The number of hydrogen-bond donors (Lipinski definition) is 1. The first-order valence-corrected chi connectivity index (χ1v) is 8.52. The van der Waals surface area contributed by atoms with E-state index in [9.17, 15) is 0 Å². The fourth-order valence-corrected chi connectivity index (χ4v) is 2.38. The fourth-order valence-electron chi connectivity index (χ4n) is 2.38. The van der Waals surface area contributed by atoms with Crippen molar-refractivity contribution in [2.75, 3.05) is 11.4 Å². The van der Waals surface area contributed by atoms with Gasteiger partial charge in [0.1, 0.15) is 0 Å². The molecule has 3 rings (SSSR count). The van der Waals surface area contributed by atoms with Gasteiger partial charge in [0.2, 0.25) is 0 Å². The van der Waals surface area contributed by atoms with Gasteiger partial charge < -0.3 is 10.6 Å². The lowest BCUT2D eigenvalue weighted by Gasteiger charge is -2.25. The largest absolute Gasteiger partial charge is 0.330 e. The molecule has 0 aliphatic carbocycles. The van der Waals surface area contributed by atoms with Gasteiger partial charge in [-0.1, -0.05) is 67.9 Å². The van der Waals surface area contributed by atoms with Crippen LogP contribution in [0, 0.1) is 0 Å². The van der Waals surface area contributed by atoms with E-state index in [0.29, 0.717) is 0 Å². The highest BCUT2D eigenvalue weighted by Gasteiger charge is 2.10. The summed E-state index contributed by atoms with van der Waals surface area (Å²) >= 11 is 0. The van der Waals surface area contributed by atoms with Gasteiger partial charge in [0.25, 0.3) is 0 Å². The predicted molar refractivity (Wildman–Crippen MR) is 105 cm³/mol. The highest BCUT2D eigenvalue weighted by Crippen LogP contribution is 2.33. The lowest BCUT2D eigenvalue weighted by molar-refractivity contribution is 0.807. The van der Waals surface area contributed by atoms with Crippen LogP contribution in [0.1, 0.15) is 19.8 Å². The third-order valence-electron chi connectivity index (χ3n) is 3.60. The molecule has 2 N–H and O–H groups in total. The lowest BCUT2D eigenvalue weighted by atomic mass is 10.2. The van der Waals surface area contributed by atoms with Crippen molar-refractivity contribution in [3.63, 3.8) is 0 Å². The Labute approximate surface area is 145 Å². The molecule has 0 atom stereocenters. The van der Waals surface area contributed by atoms with Crippen LogP contribution in [-0.4, -0.2) is 6.54 Å². The van der Waals surface area contributed by atoms with E-state index < -0.39 is 0 Å². The Morgan fingerprint density at radius 2 is 0.958 bits per heavy atom. The van der Waals surface area contributed by atoms with Gasteiger partial charge in [0.05, 0.1) is 0 Å².